The van der Waals surface area contributed by atoms with Crippen LogP contribution in [0, 0.1) is 0 Å². The van der Waals surface area contributed by atoms with Crippen LogP contribution in [0.15, 0.2) is 424 Å². The van der Waals surface area contributed by atoms with Crippen LogP contribution in [0.5, 0.6) is 0 Å². The number of aromatic nitrogens is 7. The van der Waals surface area contributed by atoms with E-state index in [1.807, 2.05) is 214 Å². The van der Waals surface area contributed by atoms with Gasteiger partial charge in [-0.2, -0.15) is 0 Å². The molecule has 0 amide bonds. The van der Waals surface area contributed by atoms with Gasteiger partial charge in [0.1, 0.15) is 17.5 Å². The van der Waals surface area contributed by atoms with Gasteiger partial charge in [0.2, 0.25) is 29.5 Å². The van der Waals surface area contributed by atoms with Crippen molar-refractivity contribution in [2.24, 2.45) is 0 Å². The minimum atomic E-state index is -3.83. The van der Waals surface area contributed by atoms with Crippen molar-refractivity contribution >= 4 is 106 Å². The fourth-order valence-corrected chi connectivity index (χ4v) is 25.3. The van der Waals surface area contributed by atoms with Crippen LogP contribution in [0.3, 0.4) is 0 Å². The SMILES string of the molecule is O=S1(=O)c2cc(-c3cc4ccccc4c4ccccc34)ccc2-n2c(-c3ccccc3)nc3cccc1c32.O=S1(=O)c2cc(-c3cc4ccccc4c4ncccc34)ccc2-n2c(-c3ccccc3)nc3cccc1c32.O=S1(=O)c2cc(-c3ccc4c(c3)C3(c5ccccc5-c5ccccc53)c3ccccc3-4)ccc2-n2c(-c3ccccc3)nc3cccc1c32. The minimum absolute atomic E-state index is 0.274. The molecule has 0 saturated heterocycles. The number of sulfone groups is 3. The van der Waals surface area contributed by atoms with Gasteiger partial charge in [-0.3, -0.25) is 18.7 Å². The average molecular weight is 1660 g/mol. The standard InChI is InChI=1S/C44H26N2O2S.C33H20N2O2S.C32H19N3O2S/c47-49(48)40-20-10-19-38-42(40)46(43(45-38)27-11-2-1-3-12-27)39-24-22-29(26-41(39)49)28-21-23-33-32-15-6-9-18-36(32)44(37(33)25-28)34-16-7-4-13-30(34)31-14-5-8-17-35(31)44;36-38(37)30-16-8-15-28-32(30)35(33(34-28)21-9-2-1-3-10-21)29-18-17-23(20-31(29)38)27-19-22-11-4-5-12-24(22)25-13-6-7-14-26(25)27;36-38(37)28-14-6-13-26-31(28)35(32(34-26)20-8-2-1-3-9-20)27-16-15-22(19-29(27)38)25-18-21-10-4-5-11-23(21)30-24(25)12-7-17-33-30/h1-26H;1-20H;1-19H. The largest absolute Gasteiger partial charge is 0.290 e. The maximum Gasteiger partial charge on any atom is 0.210 e. The van der Waals surface area contributed by atoms with Crippen molar-refractivity contribution in [2.45, 2.75) is 34.8 Å². The average Bonchev–Trinajstić information content (AvgIpc) is 1.50. The van der Waals surface area contributed by atoms with E-state index in [1.54, 1.807) is 48.7 Å². The fourth-order valence-electron chi connectivity index (χ4n) is 20.3. The lowest BCUT2D eigenvalue weighted by Crippen LogP contribution is -2.25. The zero-order valence-electron chi connectivity index (χ0n) is 66.3. The van der Waals surface area contributed by atoms with Crippen LogP contribution in [0.25, 0.3) is 183 Å². The van der Waals surface area contributed by atoms with Crippen molar-refractivity contribution < 1.29 is 25.3 Å². The van der Waals surface area contributed by atoms with Crippen LogP contribution in [0.4, 0.5) is 0 Å². The summed E-state index contributed by atoms with van der Waals surface area (Å²) >= 11 is 0. The second-order valence-corrected chi connectivity index (χ2v) is 37.9. The van der Waals surface area contributed by atoms with E-state index in [-0.39, 0.29) is 24.5 Å². The molecule has 0 fully saturated rings. The Labute approximate surface area is 717 Å². The van der Waals surface area contributed by atoms with Gasteiger partial charge < -0.3 is 0 Å². The van der Waals surface area contributed by atoms with E-state index in [0.29, 0.717) is 55.1 Å². The fraction of sp³-hybridized carbons (Fsp3) is 0.00917. The second kappa shape index (κ2) is 27.0. The number of fused-ring (bicyclic) bond motifs is 22. The van der Waals surface area contributed by atoms with Crippen molar-refractivity contribution in [3.05, 3.63) is 417 Å². The first-order valence-corrected chi connectivity index (χ1v) is 45.8. The molecule has 7 heterocycles. The van der Waals surface area contributed by atoms with Gasteiger partial charge in [-0.1, -0.05) is 291 Å². The van der Waals surface area contributed by atoms with E-state index in [4.69, 9.17) is 15.0 Å². The summed E-state index contributed by atoms with van der Waals surface area (Å²) < 4.78 is 90.9. The molecule has 27 rings (SSSR count). The molecule has 1 spiro atoms. The Morgan fingerprint density at radius 1 is 0.224 bits per heavy atom. The summed E-state index contributed by atoms with van der Waals surface area (Å²) in [6, 6.07) is 129. The lowest BCUT2D eigenvalue weighted by Gasteiger charge is -2.30. The van der Waals surface area contributed by atoms with Crippen molar-refractivity contribution in [3.63, 3.8) is 0 Å². The summed E-state index contributed by atoms with van der Waals surface area (Å²) in [5.41, 5.74) is 24.4. The minimum Gasteiger partial charge on any atom is -0.290 e. The highest BCUT2D eigenvalue weighted by atomic mass is 32.2. The Hall–Kier alpha value is -15.6. The topological polar surface area (TPSA) is 169 Å². The van der Waals surface area contributed by atoms with Crippen LogP contribution >= 0.6 is 0 Å². The summed E-state index contributed by atoms with van der Waals surface area (Å²) in [7, 11) is -11.4. The monoisotopic (exact) mass is 1660 g/mol. The molecule has 0 atom stereocenters. The first kappa shape index (κ1) is 72.2. The Bertz CT molecular complexity index is 8490. The van der Waals surface area contributed by atoms with Crippen LogP contribution in [-0.4, -0.2) is 58.9 Å². The van der Waals surface area contributed by atoms with E-state index >= 15 is 0 Å². The number of imidazole rings is 3. The summed E-state index contributed by atoms with van der Waals surface area (Å²) in [5, 5.41) is 7.65. The number of rotatable bonds is 6. The summed E-state index contributed by atoms with van der Waals surface area (Å²) in [5.74, 6) is 2.17. The normalized spacial score (nSPS) is 14.2. The third-order valence-corrected chi connectivity index (χ3v) is 31.1. The van der Waals surface area contributed by atoms with Gasteiger partial charge in [-0.05, 0) is 202 Å². The number of nitrogens with zero attached hydrogens (tertiary/aromatic N) is 7. The van der Waals surface area contributed by atoms with E-state index in [9.17, 15) is 25.3 Å². The molecule has 590 valence electrons. The molecule has 3 aliphatic heterocycles. The Kier molecular flexibility index (Phi) is 15.6. The predicted molar refractivity (Wildman–Crippen MR) is 496 cm³/mol. The zero-order chi connectivity index (χ0) is 83.3. The summed E-state index contributed by atoms with van der Waals surface area (Å²) in [4.78, 5) is 21.1. The zero-order valence-corrected chi connectivity index (χ0v) is 68.8. The lowest BCUT2D eigenvalue weighted by molar-refractivity contribution is 0.593. The quantitative estimate of drug-likeness (QED) is 0.146. The van der Waals surface area contributed by atoms with E-state index in [1.165, 1.54) is 49.9 Å². The first-order valence-electron chi connectivity index (χ1n) is 41.3. The third-order valence-electron chi connectivity index (χ3n) is 25.7. The van der Waals surface area contributed by atoms with E-state index in [2.05, 4.69) is 151 Å². The smallest absolute Gasteiger partial charge is 0.210 e. The van der Waals surface area contributed by atoms with Crippen molar-refractivity contribution in [1.82, 2.24) is 33.6 Å². The molecule has 18 aromatic carbocycles. The van der Waals surface area contributed by atoms with Crippen molar-refractivity contribution in [3.8, 4) is 107 Å². The van der Waals surface area contributed by atoms with Crippen LogP contribution in [0.1, 0.15) is 22.3 Å². The Morgan fingerprint density at radius 3 is 1.03 bits per heavy atom. The number of pyridine rings is 1. The van der Waals surface area contributed by atoms with Crippen molar-refractivity contribution in [2.75, 3.05) is 0 Å². The molecule has 0 radical (unpaired) electrons. The molecule has 13 nitrogen and oxygen atoms in total. The molecule has 0 N–H and O–H groups in total. The van der Waals surface area contributed by atoms with Crippen LogP contribution < -0.4 is 0 Å². The molecule has 22 aromatic rings. The summed E-state index contributed by atoms with van der Waals surface area (Å²) in [6.45, 7) is 0. The van der Waals surface area contributed by atoms with Gasteiger partial charge in [0, 0.05) is 33.7 Å². The number of hydrogen-bond acceptors (Lipinski definition) is 10. The molecule has 2 aliphatic carbocycles. The number of para-hydroxylation sites is 3. The molecule has 0 unspecified atom stereocenters. The first-order chi connectivity index (χ1) is 61.3. The highest BCUT2D eigenvalue weighted by molar-refractivity contribution is 7.92. The van der Waals surface area contributed by atoms with Gasteiger partial charge in [0.15, 0.2) is 0 Å². The van der Waals surface area contributed by atoms with Crippen molar-refractivity contribution in [1.29, 1.82) is 0 Å². The van der Waals surface area contributed by atoms with Crippen LogP contribution in [0.2, 0.25) is 0 Å². The van der Waals surface area contributed by atoms with Gasteiger partial charge in [-0.25, -0.2) is 40.2 Å². The molecule has 125 heavy (non-hydrogen) atoms. The molecular formula is C109H65N7O6S3. The van der Waals surface area contributed by atoms with Gasteiger partial charge >= 0.3 is 0 Å². The molecule has 0 saturated carbocycles. The molecule has 16 heteroatoms. The second-order valence-electron chi connectivity index (χ2n) is 32.2. The summed E-state index contributed by atoms with van der Waals surface area (Å²) in [6.07, 6.45) is 1.79. The maximum atomic E-state index is 14.4. The molecule has 5 aliphatic rings. The number of benzene rings is 18. The van der Waals surface area contributed by atoms with Gasteiger partial charge in [-0.15, -0.1) is 0 Å². The molecule has 4 aromatic heterocycles. The van der Waals surface area contributed by atoms with Crippen LogP contribution in [-0.2, 0) is 34.9 Å². The van der Waals surface area contributed by atoms with Gasteiger partial charge in [0.05, 0.1) is 90.5 Å². The van der Waals surface area contributed by atoms with E-state index < -0.39 is 34.9 Å². The molecule has 0 bridgehead atoms. The third kappa shape index (κ3) is 10.4. The Balaban J connectivity index is 0.000000104. The predicted octanol–water partition coefficient (Wildman–Crippen LogP) is 24.9. The molecular weight excluding hydrogens is 1600 g/mol. The highest BCUT2D eigenvalue weighted by Gasteiger charge is 2.52. The Morgan fingerprint density at radius 2 is 0.568 bits per heavy atom. The van der Waals surface area contributed by atoms with Gasteiger partial charge in [0.25, 0.3) is 0 Å². The number of hydrogen-bond donors (Lipinski definition) is 0. The highest BCUT2D eigenvalue weighted by Crippen LogP contribution is 2.63. The maximum absolute atomic E-state index is 14.4. The van der Waals surface area contributed by atoms with E-state index in [0.717, 1.165) is 105 Å². The lowest BCUT2D eigenvalue weighted by atomic mass is 9.70.